The lowest BCUT2D eigenvalue weighted by atomic mass is 10.0. The van der Waals surface area contributed by atoms with E-state index in [1.807, 2.05) is 47.4 Å². The zero-order chi connectivity index (χ0) is 19.9. The molecule has 2 aromatic rings. The van der Waals surface area contributed by atoms with Crippen LogP contribution in [0, 0.1) is 0 Å². The van der Waals surface area contributed by atoms with Gasteiger partial charge in [0.25, 0.3) is 0 Å². The Balaban J connectivity index is 1.18. The molecule has 2 aromatic carbocycles. The van der Waals surface area contributed by atoms with E-state index >= 15 is 0 Å². The molecule has 0 unspecified atom stereocenters. The van der Waals surface area contributed by atoms with Crippen LogP contribution in [0.3, 0.4) is 0 Å². The van der Waals surface area contributed by atoms with Gasteiger partial charge in [0.15, 0.2) is 0 Å². The molecular formula is C24H31N3O2. The summed E-state index contributed by atoms with van der Waals surface area (Å²) in [7, 11) is 0. The van der Waals surface area contributed by atoms with Gasteiger partial charge in [0.05, 0.1) is 0 Å². The number of benzene rings is 2. The third-order valence-electron chi connectivity index (χ3n) is 6.02. The summed E-state index contributed by atoms with van der Waals surface area (Å²) in [6.45, 7) is 5.30. The van der Waals surface area contributed by atoms with Gasteiger partial charge in [-0.25, -0.2) is 4.79 Å². The van der Waals surface area contributed by atoms with Crippen LogP contribution in [0.15, 0.2) is 54.6 Å². The maximum Gasteiger partial charge on any atom is 0.317 e. The van der Waals surface area contributed by atoms with Gasteiger partial charge in [-0.05, 0) is 62.0 Å². The largest absolute Gasteiger partial charge is 0.489 e. The topological polar surface area (TPSA) is 44.8 Å². The van der Waals surface area contributed by atoms with Gasteiger partial charge in [-0.15, -0.1) is 0 Å². The molecule has 5 heteroatoms. The maximum atomic E-state index is 12.5. The van der Waals surface area contributed by atoms with Crippen molar-refractivity contribution < 1.29 is 9.53 Å². The molecule has 0 spiro atoms. The summed E-state index contributed by atoms with van der Waals surface area (Å²) in [5.41, 5.74) is 2.23. The molecule has 154 valence electrons. The van der Waals surface area contributed by atoms with Crippen LogP contribution in [0.2, 0.25) is 0 Å². The van der Waals surface area contributed by atoms with E-state index in [1.54, 1.807) is 0 Å². The molecule has 2 amide bonds. The van der Waals surface area contributed by atoms with Crippen molar-refractivity contribution in [2.75, 3.05) is 26.2 Å². The first-order valence-corrected chi connectivity index (χ1v) is 10.8. The summed E-state index contributed by atoms with van der Waals surface area (Å²) in [5.74, 6) is 0.841. The third kappa shape index (κ3) is 5.51. The molecule has 2 aliphatic rings. The summed E-state index contributed by atoms with van der Waals surface area (Å²) >= 11 is 0. The summed E-state index contributed by atoms with van der Waals surface area (Å²) < 4.78 is 5.82. The second-order valence-corrected chi connectivity index (χ2v) is 8.04. The van der Waals surface area contributed by atoms with Crippen LogP contribution in [0.25, 0.3) is 0 Å². The lowest BCUT2D eigenvalue weighted by Gasteiger charge is -2.36. The van der Waals surface area contributed by atoms with Crippen molar-refractivity contribution in [3.05, 3.63) is 65.7 Å². The Morgan fingerprint density at radius 1 is 0.897 bits per heavy atom. The van der Waals surface area contributed by atoms with Crippen LogP contribution >= 0.6 is 0 Å². The van der Waals surface area contributed by atoms with Gasteiger partial charge in [0, 0.05) is 25.7 Å². The van der Waals surface area contributed by atoms with E-state index in [0.717, 1.165) is 42.8 Å². The molecule has 1 N–H and O–H groups in total. The number of hydrogen-bond acceptors (Lipinski definition) is 3. The highest BCUT2D eigenvalue weighted by molar-refractivity contribution is 5.74. The molecule has 0 aliphatic carbocycles. The Morgan fingerprint density at radius 2 is 1.59 bits per heavy atom. The molecule has 5 nitrogen and oxygen atoms in total. The fourth-order valence-corrected chi connectivity index (χ4v) is 4.27. The zero-order valence-electron chi connectivity index (χ0n) is 17.1. The summed E-state index contributed by atoms with van der Waals surface area (Å²) in [6, 6.07) is 18.8. The van der Waals surface area contributed by atoms with Gasteiger partial charge in [-0.1, -0.05) is 42.5 Å². The Labute approximate surface area is 173 Å². The number of nitrogens with one attached hydrogen (secondary N) is 1. The number of likely N-dealkylation sites (tertiary alicyclic amines) is 2. The first kappa shape index (κ1) is 19.8. The summed E-state index contributed by atoms with van der Waals surface area (Å²) in [6.07, 6.45) is 4.86. The number of ether oxygens (including phenoxy) is 1. The number of carbonyl (C=O) groups is 1. The lowest BCUT2D eigenvalue weighted by molar-refractivity contribution is 0.134. The van der Waals surface area contributed by atoms with E-state index in [0.29, 0.717) is 19.2 Å². The Hall–Kier alpha value is -2.53. The van der Waals surface area contributed by atoms with Crippen molar-refractivity contribution in [1.82, 2.24) is 15.1 Å². The minimum Gasteiger partial charge on any atom is -0.489 e. The van der Waals surface area contributed by atoms with Gasteiger partial charge in [0.2, 0.25) is 0 Å². The highest BCUT2D eigenvalue weighted by Crippen LogP contribution is 2.21. The first-order valence-electron chi connectivity index (χ1n) is 10.8. The van der Waals surface area contributed by atoms with Gasteiger partial charge >= 0.3 is 6.03 Å². The summed E-state index contributed by atoms with van der Waals surface area (Å²) in [5, 5.41) is 3.06. The van der Waals surface area contributed by atoms with Gasteiger partial charge in [-0.3, -0.25) is 0 Å². The Kier molecular flexibility index (Phi) is 6.67. The minimum absolute atomic E-state index is 0.0503. The highest BCUT2D eigenvalue weighted by atomic mass is 16.5. The van der Waals surface area contributed by atoms with Crippen LogP contribution in [0.5, 0.6) is 5.75 Å². The second kappa shape index (κ2) is 9.79. The average Bonchev–Trinajstić information content (AvgIpc) is 3.33. The number of carbonyl (C=O) groups excluding carboxylic acids is 1. The monoisotopic (exact) mass is 393 g/mol. The van der Waals surface area contributed by atoms with E-state index in [2.05, 4.69) is 22.3 Å². The molecular weight excluding hydrogens is 362 g/mol. The molecule has 2 aliphatic heterocycles. The minimum atomic E-state index is 0.0503. The molecule has 2 heterocycles. The smallest absolute Gasteiger partial charge is 0.317 e. The fourth-order valence-electron chi connectivity index (χ4n) is 4.27. The normalized spacial score (nSPS) is 18.0. The zero-order valence-corrected chi connectivity index (χ0v) is 17.1. The van der Waals surface area contributed by atoms with Crippen LogP contribution < -0.4 is 10.1 Å². The van der Waals surface area contributed by atoms with Gasteiger partial charge in [-0.2, -0.15) is 0 Å². The second-order valence-electron chi connectivity index (χ2n) is 8.04. The first-order chi connectivity index (χ1) is 14.3. The molecule has 4 rings (SSSR count). The molecule has 0 atom stereocenters. The Morgan fingerprint density at radius 3 is 2.28 bits per heavy atom. The number of nitrogens with zero attached hydrogens (tertiary/aromatic N) is 2. The Bertz CT molecular complexity index is 764. The average molecular weight is 394 g/mol. The molecule has 29 heavy (non-hydrogen) atoms. The van der Waals surface area contributed by atoms with Crippen LogP contribution in [0.4, 0.5) is 4.79 Å². The summed E-state index contributed by atoms with van der Waals surface area (Å²) in [4.78, 5) is 17.1. The standard InChI is InChI=1S/C24H31N3O2/c28-24(27-16-12-22(13-17-27)26-14-4-5-15-26)25-18-20-8-10-23(11-9-20)29-19-21-6-2-1-3-7-21/h1-3,6-11,22H,4-5,12-19H2,(H,25,28). The van der Waals surface area contributed by atoms with Crippen LogP contribution in [0.1, 0.15) is 36.8 Å². The molecule has 2 fully saturated rings. The quantitative estimate of drug-likeness (QED) is 0.806. The predicted octanol–water partition coefficient (Wildman–Crippen LogP) is 4.04. The highest BCUT2D eigenvalue weighted by Gasteiger charge is 2.28. The van der Waals surface area contributed by atoms with E-state index < -0.39 is 0 Å². The van der Waals surface area contributed by atoms with Gasteiger partial charge < -0.3 is 19.9 Å². The van der Waals surface area contributed by atoms with Crippen molar-refractivity contribution in [3.8, 4) is 5.75 Å². The van der Waals surface area contributed by atoms with Crippen molar-refractivity contribution in [1.29, 1.82) is 0 Å². The lowest BCUT2D eigenvalue weighted by Crippen LogP contribution is -2.48. The number of hydrogen-bond donors (Lipinski definition) is 1. The van der Waals surface area contributed by atoms with Crippen molar-refractivity contribution in [2.45, 2.75) is 44.9 Å². The van der Waals surface area contributed by atoms with E-state index in [1.165, 1.54) is 25.9 Å². The number of urea groups is 1. The van der Waals surface area contributed by atoms with E-state index in [9.17, 15) is 4.79 Å². The SMILES string of the molecule is O=C(NCc1ccc(OCc2ccccc2)cc1)N1CCC(N2CCCC2)CC1. The van der Waals surface area contributed by atoms with Crippen molar-refractivity contribution >= 4 is 6.03 Å². The maximum absolute atomic E-state index is 12.5. The third-order valence-corrected chi connectivity index (χ3v) is 6.02. The molecule has 0 bridgehead atoms. The molecule has 0 saturated carbocycles. The van der Waals surface area contributed by atoms with Crippen LogP contribution in [-0.2, 0) is 13.2 Å². The van der Waals surface area contributed by atoms with E-state index in [4.69, 9.17) is 4.74 Å². The fraction of sp³-hybridized carbons (Fsp3) is 0.458. The van der Waals surface area contributed by atoms with Crippen molar-refractivity contribution in [3.63, 3.8) is 0 Å². The molecule has 2 saturated heterocycles. The molecule has 0 radical (unpaired) electrons. The van der Waals surface area contributed by atoms with E-state index in [-0.39, 0.29) is 6.03 Å². The molecule has 0 aromatic heterocycles. The number of rotatable bonds is 6. The van der Waals surface area contributed by atoms with Crippen LogP contribution in [-0.4, -0.2) is 48.1 Å². The number of piperidine rings is 1. The predicted molar refractivity (Wildman–Crippen MR) is 115 cm³/mol. The van der Waals surface area contributed by atoms with Gasteiger partial charge in [0.1, 0.15) is 12.4 Å². The van der Waals surface area contributed by atoms with Crippen molar-refractivity contribution in [2.24, 2.45) is 0 Å². The number of amides is 2.